The summed E-state index contributed by atoms with van der Waals surface area (Å²) in [5.41, 5.74) is 15.7. The lowest BCUT2D eigenvalue weighted by Gasteiger charge is -2.17. The molecule has 0 aliphatic heterocycles. The third-order valence-corrected chi connectivity index (χ3v) is 10.6. The van der Waals surface area contributed by atoms with Gasteiger partial charge in [0.15, 0.2) is 0 Å². The quantitative estimate of drug-likeness (QED) is 0.138. The van der Waals surface area contributed by atoms with Crippen LogP contribution in [0.15, 0.2) is 207 Å². The molecule has 0 atom stereocenters. The average molecular weight is 776 g/mol. The Labute approximate surface area is 347 Å². The van der Waals surface area contributed by atoms with Gasteiger partial charge >= 0.3 is 0 Å². The van der Waals surface area contributed by atoms with Crippen molar-refractivity contribution in [3.8, 4) is 95.7 Å². The molecule has 0 N–H and O–H groups in total. The summed E-state index contributed by atoms with van der Waals surface area (Å²) in [5.74, 6) is 0.765. The van der Waals surface area contributed by atoms with E-state index in [-0.39, 0.29) is 0 Å². The number of aromatic nitrogens is 7. The highest BCUT2D eigenvalue weighted by molar-refractivity contribution is 5.90. The van der Waals surface area contributed by atoms with E-state index in [1.54, 1.807) is 7.11 Å². The van der Waals surface area contributed by atoms with Gasteiger partial charge < -0.3 is 4.74 Å². The molecule has 5 aromatic heterocycles. The van der Waals surface area contributed by atoms with Crippen LogP contribution in [0.4, 0.5) is 0 Å². The molecule has 8 heteroatoms. The van der Waals surface area contributed by atoms with Gasteiger partial charge in [0.05, 0.1) is 59.3 Å². The first-order valence-corrected chi connectivity index (χ1v) is 19.7. The van der Waals surface area contributed by atoms with E-state index in [1.807, 2.05) is 94.9 Å². The normalized spacial score (nSPS) is 11.1. The van der Waals surface area contributed by atoms with E-state index in [2.05, 4.69) is 136 Å². The zero-order chi connectivity index (χ0) is 40.3. The largest absolute Gasteiger partial charge is 0.496 e. The van der Waals surface area contributed by atoms with Crippen molar-refractivity contribution in [3.63, 3.8) is 0 Å². The van der Waals surface area contributed by atoms with Crippen LogP contribution in [0.1, 0.15) is 0 Å². The minimum Gasteiger partial charge on any atom is -0.496 e. The molecule has 0 saturated carbocycles. The first-order chi connectivity index (χ1) is 29.7. The van der Waals surface area contributed by atoms with Gasteiger partial charge in [0.1, 0.15) is 5.75 Å². The second kappa shape index (κ2) is 16.0. The SMILES string of the molecule is COc1cc(-c2ccccn2)ccc1-c1ccccc1-c1cc(-c2ccnn2-c2ccc(-c3ccccn3)cc2)cc(-c2ccnn2-c2ccc(-c3ccccn3)cc2)c1. The monoisotopic (exact) mass is 775 g/mol. The molecule has 10 aromatic rings. The van der Waals surface area contributed by atoms with Crippen LogP contribution >= 0.6 is 0 Å². The van der Waals surface area contributed by atoms with E-state index in [9.17, 15) is 0 Å². The van der Waals surface area contributed by atoms with Gasteiger partial charge in [-0.25, -0.2) is 9.36 Å². The minimum atomic E-state index is 0.765. The second-order valence-electron chi connectivity index (χ2n) is 14.3. The Morgan fingerprint density at radius 1 is 0.350 bits per heavy atom. The molecule has 10 rings (SSSR count). The number of hydrogen-bond donors (Lipinski definition) is 0. The molecular formula is C52H37N7O. The summed E-state index contributed by atoms with van der Waals surface area (Å²) in [6.45, 7) is 0. The number of benzene rings is 5. The molecule has 0 spiro atoms. The summed E-state index contributed by atoms with van der Waals surface area (Å²) in [6.07, 6.45) is 9.14. The van der Waals surface area contributed by atoms with Crippen LogP contribution in [-0.2, 0) is 0 Å². The van der Waals surface area contributed by atoms with Crippen molar-refractivity contribution in [1.82, 2.24) is 34.5 Å². The zero-order valence-corrected chi connectivity index (χ0v) is 32.7. The Bertz CT molecular complexity index is 2910. The first-order valence-electron chi connectivity index (χ1n) is 19.7. The standard InChI is InChI=1S/C52H37N7O/c1-60-52-35-38(49-14-6-9-29-55-49)19-24-46(52)45-11-3-2-10-44(45)39-32-40(50-25-30-56-58(50)42-20-15-36(16-21-42)47-12-4-7-27-53-47)34-41(33-39)51-26-31-57-59(51)43-22-17-37(18-23-43)48-13-5-8-28-54-48/h2-35H,1H3. The number of ether oxygens (including phenoxy) is 1. The maximum atomic E-state index is 6.06. The number of hydrogen-bond acceptors (Lipinski definition) is 6. The molecule has 8 nitrogen and oxygen atoms in total. The summed E-state index contributed by atoms with van der Waals surface area (Å²) >= 11 is 0. The van der Waals surface area contributed by atoms with E-state index in [0.717, 1.165) is 95.7 Å². The van der Waals surface area contributed by atoms with E-state index in [0.29, 0.717) is 0 Å². The maximum absolute atomic E-state index is 6.06. The molecule has 0 bridgehead atoms. The Balaban J connectivity index is 1.11. The lowest BCUT2D eigenvalue weighted by molar-refractivity contribution is 0.416. The van der Waals surface area contributed by atoms with Gasteiger partial charge in [-0.05, 0) is 120 Å². The van der Waals surface area contributed by atoms with Crippen LogP contribution in [0.25, 0.3) is 89.9 Å². The molecule has 0 aliphatic rings. The van der Waals surface area contributed by atoms with Gasteiger partial charge in [-0.15, -0.1) is 0 Å². The first kappa shape index (κ1) is 36.1. The number of pyridine rings is 3. The Morgan fingerprint density at radius 2 is 0.800 bits per heavy atom. The summed E-state index contributed by atoms with van der Waals surface area (Å²) in [4.78, 5) is 13.7. The van der Waals surface area contributed by atoms with Crippen molar-refractivity contribution in [1.29, 1.82) is 0 Å². The molecule has 0 aliphatic carbocycles. The highest BCUT2D eigenvalue weighted by Gasteiger charge is 2.19. The predicted molar refractivity (Wildman–Crippen MR) is 239 cm³/mol. The summed E-state index contributed by atoms with van der Waals surface area (Å²) in [5, 5.41) is 9.67. The number of rotatable bonds is 10. The van der Waals surface area contributed by atoms with Gasteiger partial charge in [0, 0.05) is 52.0 Å². The molecule has 0 saturated heterocycles. The Hall–Kier alpha value is -8.23. The van der Waals surface area contributed by atoms with Crippen LogP contribution in [0.3, 0.4) is 0 Å². The fraction of sp³-hybridized carbons (Fsp3) is 0.0192. The number of nitrogens with zero attached hydrogens (tertiary/aromatic N) is 7. The van der Waals surface area contributed by atoms with Crippen LogP contribution < -0.4 is 4.74 Å². The van der Waals surface area contributed by atoms with Gasteiger partial charge in [-0.1, -0.05) is 72.8 Å². The Kier molecular flexibility index (Phi) is 9.61. The van der Waals surface area contributed by atoms with E-state index in [1.165, 1.54) is 0 Å². The molecule has 0 radical (unpaired) electrons. The molecule has 0 fully saturated rings. The van der Waals surface area contributed by atoms with Crippen LogP contribution in [0.2, 0.25) is 0 Å². The fourth-order valence-corrected chi connectivity index (χ4v) is 7.72. The van der Waals surface area contributed by atoms with Crippen molar-refractivity contribution in [3.05, 3.63) is 207 Å². The van der Waals surface area contributed by atoms with Crippen LogP contribution in [0, 0.1) is 0 Å². The van der Waals surface area contributed by atoms with Gasteiger partial charge in [-0.3, -0.25) is 15.0 Å². The smallest absolute Gasteiger partial charge is 0.127 e. The molecule has 0 unspecified atom stereocenters. The number of methoxy groups -OCH3 is 1. The van der Waals surface area contributed by atoms with Gasteiger partial charge in [-0.2, -0.15) is 10.2 Å². The third-order valence-electron chi connectivity index (χ3n) is 10.6. The molecular weight excluding hydrogens is 739 g/mol. The van der Waals surface area contributed by atoms with Crippen molar-refractivity contribution in [2.75, 3.05) is 7.11 Å². The maximum Gasteiger partial charge on any atom is 0.127 e. The zero-order valence-electron chi connectivity index (χ0n) is 32.7. The average Bonchev–Trinajstić information content (AvgIpc) is 4.04. The van der Waals surface area contributed by atoms with E-state index in [4.69, 9.17) is 14.9 Å². The van der Waals surface area contributed by atoms with Crippen molar-refractivity contribution >= 4 is 0 Å². The predicted octanol–water partition coefficient (Wildman–Crippen LogP) is 11.9. The van der Waals surface area contributed by atoms with Crippen LogP contribution in [0.5, 0.6) is 5.75 Å². The Morgan fingerprint density at radius 3 is 1.28 bits per heavy atom. The summed E-state index contributed by atoms with van der Waals surface area (Å²) in [7, 11) is 1.72. The molecule has 5 heterocycles. The molecule has 0 amide bonds. The summed E-state index contributed by atoms with van der Waals surface area (Å²) in [6, 6.07) is 60.1. The highest BCUT2D eigenvalue weighted by atomic mass is 16.5. The van der Waals surface area contributed by atoms with Gasteiger partial charge in [0.2, 0.25) is 0 Å². The van der Waals surface area contributed by atoms with E-state index < -0.39 is 0 Å². The molecule has 5 aromatic carbocycles. The minimum absolute atomic E-state index is 0.765. The van der Waals surface area contributed by atoms with Crippen molar-refractivity contribution in [2.45, 2.75) is 0 Å². The van der Waals surface area contributed by atoms with Crippen LogP contribution in [-0.4, -0.2) is 41.6 Å². The topological polar surface area (TPSA) is 83.5 Å². The second-order valence-corrected chi connectivity index (χ2v) is 14.3. The lowest BCUT2D eigenvalue weighted by atomic mass is 9.90. The molecule has 60 heavy (non-hydrogen) atoms. The third kappa shape index (κ3) is 7.03. The fourth-order valence-electron chi connectivity index (χ4n) is 7.72. The van der Waals surface area contributed by atoms with E-state index >= 15 is 0 Å². The molecule has 286 valence electrons. The highest BCUT2D eigenvalue weighted by Crippen LogP contribution is 2.42. The lowest BCUT2D eigenvalue weighted by Crippen LogP contribution is -2.01. The summed E-state index contributed by atoms with van der Waals surface area (Å²) < 4.78 is 10.0. The van der Waals surface area contributed by atoms with Crippen molar-refractivity contribution in [2.24, 2.45) is 0 Å². The van der Waals surface area contributed by atoms with Crippen molar-refractivity contribution < 1.29 is 4.74 Å². The van der Waals surface area contributed by atoms with Gasteiger partial charge in [0.25, 0.3) is 0 Å².